The molecular formula is C23H24FNO3. The van der Waals surface area contributed by atoms with Crippen molar-refractivity contribution in [1.82, 2.24) is 4.90 Å². The van der Waals surface area contributed by atoms with Crippen LogP contribution in [0, 0.1) is 5.82 Å². The highest BCUT2D eigenvalue weighted by molar-refractivity contribution is 5.94. The molecule has 1 amide bonds. The van der Waals surface area contributed by atoms with E-state index in [0.717, 1.165) is 24.2 Å². The van der Waals surface area contributed by atoms with Crippen LogP contribution in [0.15, 0.2) is 71.3 Å². The second-order valence-electron chi connectivity index (χ2n) is 6.59. The third-order valence-electron chi connectivity index (χ3n) is 4.37. The summed E-state index contributed by atoms with van der Waals surface area (Å²) in [6.45, 7) is 3.46. The van der Waals surface area contributed by atoms with Crippen molar-refractivity contribution in [2.75, 3.05) is 6.61 Å². The van der Waals surface area contributed by atoms with Gasteiger partial charge in [0, 0.05) is 12.1 Å². The van der Waals surface area contributed by atoms with Crippen molar-refractivity contribution >= 4 is 5.91 Å². The van der Waals surface area contributed by atoms with Gasteiger partial charge in [-0.1, -0.05) is 25.5 Å². The van der Waals surface area contributed by atoms with Crippen molar-refractivity contribution in [3.05, 3.63) is 89.6 Å². The Morgan fingerprint density at radius 2 is 1.79 bits per heavy atom. The Morgan fingerprint density at radius 3 is 2.43 bits per heavy atom. The lowest BCUT2D eigenvalue weighted by molar-refractivity contribution is 0.0717. The molecule has 2 aromatic carbocycles. The van der Waals surface area contributed by atoms with E-state index in [-0.39, 0.29) is 11.7 Å². The minimum absolute atomic E-state index is 0.124. The van der Waals surface area contributed by atoms with Crippen LogP contribution in [0.5, 0.6) is 5.75 Å². The van der Waals surface area contributed by atoms with Crippen molar-refractivity contribution in [1.29, 1.82) is 0 Å². The molecule has 3 rings (SSSR count). The van der Waals surface area contributed by atoms with Crippen LogP contribution in [0.25, 0.3) is 0 Å². The van der Waals surface area contributed by atoms with Crippen LogP contribution in [0.2, 0.25) is 0 Å². The molecule has 4 nitrogen and oxygen atoms in total. The van der Waals surface area contributed by atoms with Crippen molar-refractivity contribution in [2.45, 2.75) is 32.9 Å². The molecule has 0 aliphatic rings. The maximum Gasteiger partial charge on any atom is 0.254 e. The summed E-state index contributed by atoms with van der Waals surface area (Å²) in [5.74, 6) is 1.02. The van der Waals surface area contributed by atoms with Crippen LogP contribution in [0.1, 0.15) is 41.4 Å². The summed E-state index contributed by atoms with van der Waals surface area (Å²) in [7, 11) is 0. The SMILES string of the molecule is CCCCOc1ccc(C(=O)N(Cc2ccc(F)cc2)Cc2ccco2)cc1. The molecule has 1 aromatic heterocycles. The molecule has 5 heteroatoms. The number of rotatable bonds is 9. The lowest BCUT2D eigenvalue weighted by atomic mass is 10.1. The molecule has 0 spiro atoms. The predicted molar refractivity (Wildman–Crippen MR) is 106 cm³/mol. The quantitative estimate of drug-likeness (QED) is 0.464. The topological polar surface area (TPSA) is 42.7 Å². The van der Waals surface area contributed by atoms with Crippen LogP contribution in [0.3, 0.4) is 0 Å². The van der Waals surface area contributed by atoms with E-state index in [1.54, 1.807) is 41.5 Å². The summed E-state index contributed by atoms with van der Waals surface area (Å²) in [4.78, 5) is 14.8. The molecular weight excluding hydrogens is 357 g/mol. The van der Waals surface area contributed by atoms with Gasteiger partial charge in [-0.2, -0.15) is 0 Å². The minimum atomic E-state index is -0.300. The molecule has 0 saturated heterocycles. The first-order valence-corrected chi connectivity index (χ1v) is 9.44. The van der Waals surface area contributed by atoms with Crippen molar-refractivity contribution in [2.24, 2.45) is 0 Å². The number of ether oxygens (including phenoxy) is 1. The number of unbranched alkanes of at least 4 members (excludes halogenated alkanes) is 1. The molecule has 0 atom stereocenters. The zero-order valence-corrected chi connectivity index (χ0v) is 15.9. The summed E-state index contributed by atoms with van der Waals surface area (Å²) in [6, 6.07) is 16.9. The highest BCUT2D eigenvalue weighted by Crippen LogP contribution is 2.18. The van der Waals surface area contributed by atoms with Crippen LogP contribution in [-0.4, -0.2) is 17.4 Å². The third-order valence-corrected chi connectivity index (χ3v) is 4.37. The number of hydrogen-bond acceptors (Lipinski definition) is 3. The average molecular weight is 381 g/mol. The van der Waals surface area contributed by atoms with Gasteiger partial charge in [-0.25, -0.2) is 4.39 Å². The average Bonchev–Trinajstić information content (AvgIpc) is 3.22. The van der Waals surface area contributed by atoms with Crippen LogP contribution >= 0.6 is 0 Å². The van der Waals surface area contributed by atoms with Gasteiger partial charge >= 0.3 is 0 Å². The fourth-order valence-corrected chi connectivity index (χ4v) is 2.81. The smallest absolute Gasteiger partial charge is 0.254 e. The van der Waals surface area contributed by atoms with E-state index in [2.05, 4.69) is 6.92 Å². The summed E-state index contributed by atoms with van der Waals surface area (Å²) < 4.78 is 24.3. The molecule has 0 aliphatic carbocycles. The molecule has 1 heterocycles. The Bertz CT molecular complexity index is 858. The Kier molecular flexibility index (Phi) is 6.84. The second kappa shape index (κ2) is 9.74. The number of carbonyl (C=O) groups excluding carboxylic acids is 1. The minimum Gasteiger partial charge on any atom is -0.494 e. The van der Waals surface area contributed by atoms with Crippen molar-refractivity contribution in [3.63, 3.8) is 0 Å². The molecule has 0 unspecified atom stereocenters. The normalized spacial score (nSPS) is 10.6. The Balaban J connectivity index is 1.74. The van der Waals surface area contributed by atoms with Gasteiger partial charge < -0.3 is 14.1 Å². The van der Waals surface area contributed by atoms with E-state index >= 15 is 0 Å². The van der Waals surface area contributed by atoms with Crippen LogP contribution in [-0.2, 0) is 13.1 Å². The first kappa shape index (κ1) is 19.7. The summed E-state index contributed by atoms with van der Waals surface area (Å²) in [6.07, 6.45) is 3.65. The maximum atomic E-state index is 13.2. The second-order valence-corrected chi connectivity index (χ2v) is 6.59. The first-order chi connectivity index (χ1) is 13.7. The van der Waals surface area contributed by atoms with E-state index in [0.29, 0.717) is 31.0 Å². The lowest BCUT2D eigenvalue weighted by Crippen LogP contribution is -2.30. The van der Waals surface area contributed by atoms with E-state index < -0.39 is 0 Å². The Hall–Kier alpha value is -3.08. The molecule has 28 heavy (non-hydrogen) atoms. The van der Waals surface area contributed by atoms with Gasteiger partial charge in [0.05, 0.1) is 19.4 Å². The molecule has 0 bridgehead atoms. The molecule has 3 aromatic rings. The van der Waals surface area contributed by atoms with Gasteiger partial charge in [-0.3, -0.25) is 4.79 Å². The van der Waals surface area contributed by atoms with E-state index in [9.17, 15) is 9.18 Å². The van der Waals surface area contributed by atoms with Gasteiger partial charge in [0.15, 0.2) is 0 Å². The highest BCUT2D eigenvalue weighted by Gasteiger charge is 2.18. The molecule has 0 saturated carbocycles. The zero-order valence-electron chi connectivity index (χ0n) is 15.9. The number of halogens is 1. The van der Waals surface area contributed by atoms with Crippen molar-refractivity contribution < 1.29 is 18.3 Å². The maximum absolute atomic E-state index is 13.2. The van der Waals surface area contributed by atoms with Gasteiger partial charge in [0.1, 0.15) is 17.3 Å². The number of hydrogen-bond donors (Lipinski definition) is 0. The van der Waals surface area contributed by atoms with E-state index in [4.69, 9.17) is 9.15 Å². The van der Waals surface area contributed by atoms with E-state index in [1.807, 2.05) is 18.2 Å². The predicted octanol–water partition coefficient (Wildman–Crippen LogP) is 5.44. The Morgan fingerprint density at radius 1 is 1.04 bits per heavy atom. The largest absolute Gasteiger partial charge is 0.494 e. The number of carbonyl (C=O) groups is 1. The number of amides is 1. The number of nitrogens with zero attached hydrogens (tertiary/aromatic N) is 1. The summed E-state index contributed by atoms with van der Waals surface area (Å²) in [5.41, 5.74) is 1.41. The molecule has 0 radical (unpaired) electrons. The fraction of sp³-hybridized carbons (Fsp3) is 0.261. The molecule has 0 N–H and O–H groups in total. The third kappa shape index (κ3) is 5.46. The standard InChI is InChI=1S/C23H24FNO3/c1-2-3-14-27-21-12-8-19(9-13-21)23(26)25(17-22-5-4-15-28-22)16-18-6-10-20(24)11-7-18/h4-13,15H,2-3,14,16-17H2,1H3. The Labute approximate surface area is 164 Å². The number of benzene rings is 2. The van der Waals surface area contributed by atoms with E-state index in [1.165, 1.54) is 12.1 Å². The zero-order chi connectivity index (χ0) is 19.8. The number of furan rings is 1. The highest BCUT2D eigenvalue weighted by atomic mass is 19.1. The summed E-state index contributed by atoms with van der Waals surface area (Å²) >= 11 is 0. The fourth-order valence-electron chi connectivity index (χ4n) is 2.81. The van der Waals surface area contributed by atoms with Gasteiger partial charge in [-0.15, -0.1) is 0 Å². The van der Waals surface area contributed by atoms with Crippen molar-refractivity contribution in [3.8, 4) is 5.75 Å². The molecule has 0 fully saturated rings. The lowest BCUT2D eigenvalue weighted by Gasteiger charge is -2.22. The first-order valence-electron chi connectivity index (χ1n) is 9.44. The van der Waals surface area contributed by atoms with Crippen LogP contribution in [0.4, 0.5) is 4.39 Å². The van der Waals surface area contributed by atoms with Gasteiger partial charge in [-0.05, 0) is 60.5 Å². The molecule has 146 valence electrons. The summed E-state index contributed by atoms with van der Waals surface area (Å²) in [5, 5.41) is 0. The molecule has 0 aliphatic heterocycles. The monoisotopic (exact) mass is 381 g/mol. The van der Waals surface area contributed by atoms with Gasteiger partial charge in [0.25, 0.3) is 5.91 Å². The van der Waals surface area contributed by atoms with Gasteiger partial charge in [0.2, 0.25) is 0 Å². The van der Waals surface area contributed by atoms with Crippen LogP contribution < -0.4 is 4.74 Å².